The van der Waals surface area contributed by atoms with Gasteiger partial charge in [-0.1, -0.05) is 19.9 Å². The fourth-order valence-corrected chi connectivity index (χ4v) is 3.69. The molecule has 1 aliphatic heterocycles. The highest BCUT2D eigenvalue weighted by Crippen LogP contribution is 2.42. The number of nitrogens with one attached hydrogen (secondary N) is 1. The van der Waals surface area contributed by atoms with Crippen molar-refractivity contribution in [2.75, 3.05) is 31.2 Å². The van der Waals surface area contributed by atoms with E-state index >= 15 is 0 Å². The number of morpholine rings is 1. The van der Waals surface area contributed by atoms with Crippen LogP contribution in [-0.2, 0) is 16.0 Å². The first-order valence-electron chi connectivity index (χ1n) is 9.17. The molecule has 1 saturated carbocycles. The predicted octanol–water partition coefficient (Wildman–Crippen LogP) is 2.60. The van der Waals surface area contributed by atoms with Crippen molar-refractivity contribution in [1.82, 2.24) is 10.3 Å². The second-order valence-electron chi connectivity index (χ2n) is 7.59. The fourth-order valence-electron chi connectivity index (χ4n) is 3.69. The van der Waals surface area contributed by atoms with Crippen LogP contribution in [-0.4, -0.2) is 49.5 Å². The zero-order valence-corrected chi connectivity index (χ0v) is 15.4. The second-order valence-corrected chi connectivity index (χ2v) is 7.59. The number of rotatable bonds is 6. The summed E-state index contributed by atoms with van der Waals surface area (Å²) in [6.07, 6.45) is 3.75. The first-order chi connectivity index (χ1) is 11.5. The number of anilines is 1. The Morgan fingerprint density at radius 3 is 2.88 bits per heavy atom. The molecule has 1 N–H and O–H groups in total. The van der Waals surface area contributed by atoms with Crippen LogP contribution in [0.5, 0.6) is 0 Å². The number of aromatic nitrogens is 1. The lowest BCUT2D eigenvalue weighted by Gasteiger charge is -2.52. The summed E-state index contributed by atoms with van der Waals surface area (Å²) < 4.78 is 11.4. The SMILES string of the molecule is CCO[C@@H]1C[C@@H](NCc2ccc(N3CCO[C@@H](C)C3)nc2)C1(C)C. The molecular weight excluding hydrogens is 302 g/mol. The average Bonchev–Trinajstić information content (AvgIpc) is 2.58. The lowest BCUT2D eigenvalue weighted by molar-refractivity contribution is -0.114. The van der Waals surface area contributed by atoms with Gasteiger partial charge in [0.2, 0.25) is 0 Å². The molecule has 5 nitrogen and oxygen atoms in total. The van der Waals surface area contributed by atoms with E-state index in [1.54, 1.807) is 0 Å². The Morgan fingerprint density at radius 2 is 2.25 bits per heavy atom. The molecule has 1 saturated heterocycles. The molecule has 2 fully saturated rings. The summed E-state index contributed by atoms with van der Waals surface area (Å²) in [4.78, 5) is 6.94. The summed E-state index contributed by atoms with van der Waals surface area (Å²) in [6, 6.07) is 4.82. The summed E-state index contributed by atoms with van der Waals surface area (Å²) >= 11 is 0. The van der Waals surface area contributed by atoms with Crippen molar-refractivity contribution in [2.24, 2.45) is 5.41 Å². The van der Waals surface area contributed by atoms with Gasteiger partial charge in [0, 0.05) is 43.9 Å². The number of pyridine rings is 1. The lowest BCUT2D eigenvalue weighted by atomic mass is 9.64. The Balaban J connectivity index is 1.50. The molecule has 3 atom stereocenters. The van der Waals surface area contributed by atoms with Crippen LogP contribution in [0.2, 0.25) is 0 Å². The quantitative estimate of drug-likeness (QED) is 0.867. The van der Waals surface area contributed by atoms with E-state index in [0.717, 1.165) is 45.1 Å². The van der Waals surface area contributed by atoms with Crippen molar-refractivity contribution in [3.63, 3.8) is 0 Å². The minimum absolute atomic E-state index is 0.202. The van der Waals surface area contributed by atoms with E-state index in [-0.39, 0.29) is 11.5 Å². The van der Waals surface area contributed by atoms with Crippen molar-refractivity contribution in [3.05, 3.63) is 23.9 Å². The van der Waals surface area contributed by atoms with Crippen LogP contribution in [0.15, 0.2) is 18.3 Å². The molecule has 0 bridgehead atoms. The van der Waals surface area contributed by atoms with Gasteiger partial charge in [0.1, 0.15) is 5.82 Å². The molecule has 24 heavy (non-hydrogen) atoms. The van der Waals surface area contributed by atoms with E-state index in [1.807, 2.05) is 6.20 Å². The van der Waals surface area contributed by atoms with E-state index in [2.05, 4.69) is 55.0 Å². The number of nitrogens with zero attached hydrogens (tertiary/aromatic N) is 2. The molecule has 0 amide bonds. The summed E-state index contributed by atoms with van der Waals surface area (Å²) in [5.41, 5.74) is 1.43. The van der Waals surface area contributed by atoms with Gasteiger partial charge in [-0.2, -0.15) is 0 Å². The molecule has 3 rings (SSSR count). The molecule has 1 aromatic rings. The van der Waals surface area contributed by atoms with Gasteiger partial charge < -0.3 is 19.7 Å². The molecule has 2 heterocycles. The lowest BCUT2D eigenvalue weighted by Crippen LogP contribution is -2.60. The van der Waals surface area contributed by atoms with E-state index in [0.29, 0.717) is 12.1 Å². The maximum atomic E-state index is 5.80. The zero-order chi connectivity index (χ0) is 17.2. The van der Waals surface area contributed by atoms with Gasteiger partial charge in [0.25, 0.3) is 0 Å². The van der Waals surface area contributed by atoms with Crippen LogP contribution < -0.4 is 10.2 Å². The third kappa shape index (κ3) is 3.73. The Kier molecular flexibility index (Phi) is 5.42. The molecule has 134 valence electrons. The first-order valence-corrected chi connectivity index (χ1v) is 9.17. The smallest absolute Gasteiger partial charge is 0.128 e. The molecule has 0 unspecified atom stereocenters. The predicted molar refractivity (Wildman–Crippen MR) is 96.3 cm³/mol. The summed E-state index contributed by atoms with van der Waals surface area (Å²) in [6.45, 7) is 13.0. The van der Waals surface area contributed by atoms with E-state index in [1.165, 1.54) is 5.56 Å². The van der Waals surface area contributed by atoms with Gasteiger partial charge in [0.15, 0.2) is 0 Å². The highest BCUT2D eigenvalue weighted by atomic mass is 16.5. The van der Waals surface area contributed by atoms with E-state index in [9.17, 15) is 0 Å². The second kappa shape index (κ2) is 7.38. The van der Waals surface area contributed by atoms with Crippen LogP contribution in [0.1, 0.15) is 39.7 Å². The third-order valence-electron chi connectivity index (χ3n) is 5.47. The highest BCUT2D eigenvalue weighted by molar-refractivity contribution is 5.39. The van der Waals surface area contributed by atoms with Gasteiger partial charge in [-0.3, -0.25) is 0 Å². The summed E-state index contributed by atoms with van der Waals surface area (Å²) in [5, 5.41) is 3.67. The fraction of sp³-hybridized carbons (Fsp3) is 0.737. The maximum absolute atomic E-state index is 5.80. The number of hydrogen-bond donors (Lipinski definition) is 1. The van der Waals surface area contributed by atoms with Crippen molar-refractivity contribution in [3.8, 4) is 0 Å². The van der Waals surface area contributed by atoms with Crippen LogP contribution in [0, 0.1) is 5.41 Å². The molecule has 0 spiro atoms. The van der Waals surface area contributed by atoms with Crippen molar-refractivity contribution >= 4 is 5.82 Å². The Bertz CT molecular complexity index is 532. The van der Waals surface area contributed by atoms with Crippen LogP contribution in [0.25, 0.3) is 0 Å². The zero-order valence-electron chi connectivity index (χ0n) is 15.4. The normalized spacial score (nSPS) is 29.3. The largest absolute Gasteiger partial charge is 0.378 e. The number of hydrogen-bond acceptors (Lipinski definition) is 5. The third-order valence-corrected chi connectivity index (χ3v) is 5.47. The van der Waals surface area contributed by atoms with E-state index in [4.69, 9.17) is 9.47 Å². The molecule has 0 aromatic carbocycles. The molecule has 2 aliphatic rings. The van der Waals surface area contributed by atoms with Crippen molar-refractivity contribution < 1.29 is 9.47 Å². The molecule has 1 aromatic heterocycles. The van der Waals surface area contributed by atoms with Gasteiger partial charge in [-0.15, -0.1) is 0 Å². The molecule has 5 heteroatoms. The van der Waals surface area contributed by atoms with Gasteiger partial charge in [-0.05, 0) is 31.9 Å². The van der Waals surface area contributed by atoms with Crippen LogP contribution >= 0.6 is 0 Å². The van der Waals surface area contributed by atoms with Crippen LogP contribution in [0.3, 0.4) is 0 Å². The van der Waals surface area contributed by atoms with Crippen molar-refractivity contribution in [2.45, 2.75) is 58.9 Å². The van der Waals surface area contributed by atoms with Gasteiger partial charge in [-0.25, -0.2) is 4.98 Å². The monoisotopic (exact) mass is 333 g/mol. The van der Waals surface area contributed by atoms with Gasteiger partial charge >= 0.3 is 0 Å². The Hall–Kier alpha value is -1.17. The van der Waals surface area contributed by atoms with E-state index < -0.39 is 0 Å². The van der Waals surface area contributed by atoms with Crippen LogP contribution in [0.4, 0.5) is 5.82 Å². The molecule has 0 radical (unpaired) electrons. The standard InChI is InChI=1S/C19H31N3O2/c1-5-23-17-10-16(19(17,3)4)20-11-15-6-7-18(21-12-15)22-8-9-24-14(2)13-22/h6-7,12,14,16-17,20H,5,8-11,13H2,1-4H3/t14-,16+,17+/m0/s1. The number of ether oxygens (including phenoxy) is 2. The highest BCUT2D eigenvalue weighted by Gasteiger charge is 2.48. The summed E-state index contributed by atoms with van der Waals surface area (Å²) in [5.74, 6) is 1.05. The Labute approximate surface area is 145 Å². The topological polar surface area (TPSA) is 46.6 Å². The minimum Gasteiger partial charge on any atom is -0.378 e. The molecule has 1 aliphatic carbocycles. The van der Waals surface area contributed by atoms with Gasteiger partial charge in [0.05, 0.1) is 18.8 Å². The first kappa shape index (κ1) is 17.6. The summed E-state index contributed by atoms with van der Waals surface area (Å²) in [7, 11) is 0. The molecular formula is C19H31N3O2. The maximum Gasteiger partial charge on any atom is 0.128 e. The minimum atomic E-state index is 0.202. The Morgan fingerprint density at radius 1 is 1.42 bits per heavy atom. The average molecular weight is 333 g/mol. The van der Waals surface area contributed by atoms with Crippen molar-refractivity contribution in [1.29, 1.82) is 0 Å².